The molecule has 3 heterocycles. The number of likely N-dealkylation sites (tertiary alicyclic amines) is 2. The van der Waals surface area contributed by atoms with Crippen molar-refractivity contribution in [3.05, 3.63) is 29.8 Å². The van der Waals surface area contributed by atoms with Crippen molar-refractivity contribution >= 4 is 11.9 Å². The normalized spacial score (nSPS) is 24.7. The smallest absolute Gasteiger partial charge is 0.387 e. The van der Waals surface area contributed by atoms with E-state index in [4.69, 9.17) is 9.47 Å². The standard InChI is InChI=1S/C19H23F2N3O5/c20-18(21)29-13-3-1-12(2-4-13)10-27-14-7-24(8-14)19(26)23-6-5-16-15(9-23)22-17(25)11-28-16/h1-4,14-16,18H,5-11H2,(H,22,25)/t15-,16+/m1/s1. The fourth-order valence-corrected chi connectivity index (χ4v) is 3.75. The number of ether oxygens (including phenoxy) is 3. The minimum absolute atomic E-state index is 0.0262. The number of nitrogens with one attached hydrogen (secondary N) is 1. The van der Waals surface area contributed by atoms with Crippen molar-refractivity contribution in [2.75, 3.05) is 32.8 Å². The summed E-state index contributed by atoms with van der Waals surface area (Å²) < 4.78 is 39.9. The van der Waals surface area contributed by atoms with E-state index in [2.05, 4.69) is 10.1 Å². The van der Waals surface area contributed by atoms with E-state index in [0.29, 0.717) is 39.2 Å². The summed E-state index contributed by atoms with van der Waals surface area (Å²) in [5.41, 5.74) is 0.839. The van der Waals surface area contributed by atoms with Gasteiger partial charge in [-0.15, -0.1) is 0 Å². The van der Waals surface area contributed by atoms with Crippen LogP contribution in [0.25, 0.3) is 0 Å². The lowest BCUT2D eigenvalue weighted by atomic mass is 10.0. The molecule has 0 aliphatic carbocycles. The van der Waals surface area contributed by atoms with Crippen molar-refractivity contribution in [1.82, 2.24) is 15.1 Å². The third-order valence-corrected chi connectivity index (χ3v) is 5.35. The molecule has 0 saturated carbocycles. The average molecular weight is 411 g/mol. The Bertz CT molecular complexity index is 742. The predicted octanol–water partition coefficient (Wildman–Crippen LogP) is 1.20. The van der Waals surface area contributed by atoms with Crippen LogP contribution in [0.5, 0.6) is 5.75 Å². The topological polar surface area (TPSA) is 80.3 Å². The van der Waals surface area contributed by atoms with Crippen molar-refractivity contribution in [2.24, 2.45) is 0 Å². The molecule has 1 aromatic carbocycles. The van der Waals surface area contributed by atoms with E-state index in [0.717, 1.165) is 5.56 Å². The van der Waals surface area contributed by atoms with E-state index >= 15 is 0 Å². The number of fused-ring (bicyclic) bond motifs is 1. The number of alkyl halides is 2. The van der Waals surface area contributed by atoms with Gasteiger partial charge in [0.2, 0.25) is 5.91 Å². The van der Waals surface area contributed by atoms with Crippen LogP contribution in [0.3, 0.4) is 0 Å². The van der Waals surface area contributed by atoms with Gasteiger partial charge in [-0.3, -0.25) is 4.79 Å². The zero-order valence-corrected chi connectivity index (χ0v) is 15.8. The van der Waals surface area contributed by atoms with Gasteiger partial charge in [0, 0.05) is 13.1 Å². The van der Waals surface area contributed by atoms with Crippen LogP contribution in [0.15, 0.2) is 24.3 Å². The highest BCUT2D eigenvalue weighted by molar-refractivity contribution is 5.79. The van der Waals surface area contributed by atoms with Crippen LogP contribution in [-0.4, -0.2) is 79.4 Å². The van der Waals surface area contributed by atoms with Crippen molar-refractivity contribution in [1.29, 1.82) is 0 Å². The third kappa shape index (κ3) is 4.76. The number of piperidine rings is 1. The van der Waals surface area contributed by atoms with Crippen LogP contribution in [0.2, 0.25) is 0 Å². The number of nitrogens with zero attached hydrogens (tertiary/aromatic N) is 2. The van der Waals surface area contributed by atoms with Crippen molar-refractivity contribution in [3.8, 4) is 5.75 Å². The molecular formula is C19H23F2N3O5. The molecule has 3 aliphatic rings. The van der Waals surface area contributed by atoms with Crippen molar-refractivity contribution in [2.45, 2.75) is 37.9 Å². The second kappa shape index (κ2) is 8.50. The maximum atomic E-state index is 12.6. The van der Waals surface area contributed by atoms with Gasteiger partial charge >= 0.3 is 12.6 Å². The first-order valence-electron chi connectivity index (χ1n) is 9.58. The molecule has 3 saturated heterocycles. The minimum atomic E-state index is -2.84. The molecule has 0 unspecified atom stereocenters. The number of benzene rings is 1. The highest BCUT2D eigenvalue weighted by Gasteiger charge is 2.40. The van der Waals surface area contributed by atoms with E-state index in [1.54, 1.807) is 21.9 Å². The van der Waals surface area contributed by atoms with Gasteiger partial charge in [-0.25, -0.2) is 4.79 Å². The molecule has 0 aromatic heterocycles. The Morgan fingerprint density at radius 2 is 1.97 bits per heavy atom. The van der Waals surface area contributed by atoms with Gasteiger partial charge in [0.05, 0.1) is 37.9 Å². The molecule has 0 spiro atoms. The Kier molecular flexibility index (Phi) is 5.81. The van der Waals surface area contributed by atoms with Gasteiger partial charge in [0.1, 0.15) is 12.4 Å². The average Bonchev–Trinajstić information content (AvgIpc) is 2.66. The number of amides is 3. The van der Waals surface area contributed by atoms with E-state index in [1.165, 1.54) is 12.1 Å². The van der Waals surface area contributed by atoms with E-state index in [1.807, 2.05) is 0 Å². The molecule has 1 aromatic rings. The Balaban J connectivity index is 1.19. The lowest BCUT2D eigenvalue weighted by Crippen LogP contribution is -2.65. The molecule has 29 heavy (non-hydrogen) atoms. The molecule has 4 rings (SSSR count). The Morgan fingerprint density at radius 3 is 2.69 bits per heavy atom. The highest BCUT2D eigenvalue weighted by Crippen LogP contribution is 2.22. The first-order valence-corrected chi connectivity index (χ1v) is 9.58. The van der Waals surface area contributed by atoms with Crippen LogP contribution < -0.4 is 10.1 Å². The first-order chi connectivity index (χ1) is 14.0. The number of halogens is 2. The van der Waals surface area contributed by atoms with Crippen LogP contribution >= 0.6 is 0 Å². The minimum Gasteiger partial charge on any atom is -0.435 e. The maximum Gasteiger partial charge on any atom is 0.387 e. The molecule has 0 bridgehead atoms. The van der Waals surface area contributed by atoms with Crippen LogP contribution in [-0.2, 0) is 20.9 Å². The second-order valence-corrected chi connectivity index (χ2v) is 7.40. The van der Waals surface area contributed by atoms with E-state index < -0.39 is 6.61 Å². The number of rotatable bonds is 5. The Labute approximate surface area is 166 Å². The summed E-state index contributed by atoms with van der Waals surface area (Å²) in [6, 6.07) is 6.07. The monoisotopic (exact) mass is 411 g/mol. The number of hydrogen-bond acceptors (Lipinski definition) is 5. The Hall–Kier alpha value is -2.46. The van der Waals surface area contributed by atoms with Gasteiger partial charge < -0.3 is 29.3 Å². The van der Waals surface area contributed by atoms with Gasteiger partial charge in [-0.05, 0) is 24.1 Å². The van der Waals surface area contributed by atoms with Crippen molar-refractivity contribution in [3.63, 3.8) is 0 Å². The molecule has 0 radical (unpaired) electrons. The van der Waals surface area contributed by atoms with E-state index in [9.17, 15) is 18.4 Å². The molecule has 8 nitrogen and oxygen atoms in total. The molecule has 3 aliphatic heterocycles. The van der Waals surface area contributed by atoms with Gasteiger partial charge in [0.25, 0.3) is 0 Å². The number of urea groups is 1. The lowest BCUT2D eigenvalue weighted by molar-refractivity contribution is -0.140. The summed E-state index contributed by atoms with van der Waals surface area (Å²) in [6.07, 6.45) is 0.614. The molecule has 10 heteroatoms. The summed E-state index contributed by atoms with van der Waals surface area (Å²) in [6.45, 7) is -0.378. The summed E-state index contributed by atoms with van der Waals surface area (Å²) in [7, 11) is 0. The fourth-order valence-electron chi connectivity index (χ4n) is 3.75. The molecule has 2 atom stereocenters. The second-order valence-electron chi connectivity index (χ2n) is 7.40. The highest BCUT2D eigenvalue weighted by atomic mass is 19.3. The molecular weight excluding hydrogens is 388 g/mol. The summed E-state index contributed by atoms with van der Waals surface area (Å²) in [4.78, 5) is 27.6. The number of carbonyl (C=O) groups excluding carboxylic acids is 2. The first kappa shape index (κ1) is 19.8. The number of morpholine rings is 1. The largest absolute Gasteiger partial charge is 0.435 e. The zero-order valence-electron chi connectivity index (χ0n) is 15.8. The summed E-state index contributed by atoms with van der Waals surface area (Å²) in [5, 5.41) is 2.89. The SMILES string of the molecule is O=C1CO[C@H]2CCN(C(=O)N3CC(OCc4ccc(OC(F)F)cc4)C3)C[C@H]2N1. The van der Waals surface area contributed by atoms with Gasteiger partial charge in [0.15, 0.2) is 0 Å². The van der Waals surface area contributed by atoms with Gasteiger partial charge in [-0.1, -0.05) is 12.1 Å². The molecule has 3 amide bonds. The number of carbonyl (C=O) groups is 2. The number of hydrogen-bond donors (Lipinski definition) is 1. The van der Waals surface area contributed by atoms with Crippen LogP contribution in [0, 0.1) is 0 Å². The van der Waals surface area contributed by atoms with Crippen LogP contribution in [0.4, 0.5) is 13.6 Å². The van der Waals surface area contributed by atoms with E-state index in [-0.39, 0.29) is 42.5 Å². The molecule has 3 fully saturated rings. The van der Waals surface area contributed by atoms with Crippen LogP contribution in [0.1, 0.15) is 12.0 Å². The predicted molar refractivity (Wildman–Crippen MR) is 96.5 cm³/mol. The summed E-state index contributed by atoms with van der Waals surface area (Å²) in [5.74, 6) is -0.0424. The van der Waals surface area contributed by atoms with Crippen molar-refractivity contribution < 1.29 is 32.6 Å². The Morgan fingerprint density at radius 1 is 1.21 bits per heavy atom. The quantitative estimate of drug-likeness (QED) is 0.788. The maximum absolute atomic E-state index is 12.6. The molecule has 158 valence electrons. The van der Waals surface area contributed by atoms with Gasteiger partial charge in [-0.2, -0.15) is 8.78 Å². The third-order valence-electron chi connectivity index (χ3n) is 5.35. The zero-order chi connectivity index (χ0) is 20.4. The molecule has 1 N–H and O–H groups in total. The fraction of sp³-hybridized carbons (Fsp3) is 0.579. The summed E-state index contributed by atoms with van der Waals surface area (Å²) >= 11 is 0. The lowest BCUT2D eigenvalue weighted by Gasteiger charge is -2.45.